The second-order valence-electron chi connectivity index (χ2n) is 11.1. The Bertz CT molecular complexity index is 1000. The minimum atomic E-state index is -1.21. The van der Waals surface area contributed by atoms with E-state index in [1.54, 1.807) is 30.3 Å². The van der Waals surface area contributed by atoms with Gasteiger partial charge >= 0.3 is 35.5 Å². The van der Waals surface area contributed by atoms with Crippen LogP contribution in [0, 0.1) is 0 Å². The van der Waals surface area contributed by atoms with E-state index in [4.69, 9.17) is 0 Å². The number of hydrogen-bond donors (Lipinski definition) is 2. The Hall–Kier alpha value is -2.15. The van der Waals surface area contributed by atoms with E-state index in [0.29, 0.717) is 12.0 Å². The molecule has 42 heavy (non-hydrogen) atoms. The van der Waals surface area contributed by atoms with Crippen molar-refractivity contribution < 1.29 is 49.4 Å². The second kappa shape index (κ2) is 24.3. The van der Waals surface area contributed by atoms with Gasteiger partial charge in [-0.15, -0.1) is 0 Å². The Morgan fingerprint density at radius 1 is 0.738 bits per heavy atom. The number of hydrogen-bond acceptors (Lipinski definition) is 4. The van der Waals surface area contributed by atoms with E-state index in [-0.39, 0.29) is 41.9 Å². The summed E-state index contributed by atoms with van der Waals surface area (Å²) in [6, 6.07) is 15.7. The molecular weight excluding hydrogens is 535 g/mol. The molecule has 7 heteroatoms. The molecule has 2 aromatic carbocycles. The van der Waals surface area contributed by atoms with Crippen LogP contribution >= 0.6 is 0 Å². The van der Waals surface area contributed by atoms with Crippen LogP contribution in [0.4, 0.5) is 0 Å². The molecule has 0 fully saturated rings. The van der Waals surface area contributed by atoms with Crippen molar-refractivity contribution >= 4 is 17.8 Å². The van der Waals surface area contributed by atoms with Gasteiger partial charge in [0, 0.05) is 6.42 Å². The number of carbonyl (C=O) groups is 2. The molecule has 0 aliphatic heterocycles. The summed E-state index contributed by atoms with van der Waals surface area (Å²) in [6.45, 7) is 2.26. The fraction of sp³-hybridized carbons (Fsp3) is 0.571. The summed E-state index contributed by atoms with van der Waals surface area (Å²) in [5.74, 6) is -2.02. The van der Waals surface area contributed by atoms with Gasteiger partial charge in [-0.05, 0) is 29.9 Å². The predicted molar refractivity (Wildman–Crippen MR) is 166 cm³/mol. The molecule has 2 aromatic rings. The average molecular weight is 587 g/mol. The van der Waals surface area contributed by atoms with Crippen LogP contribution in [-0.2, 0) is 16.0 Å². The van der Waals surface area contributed by atoms with Gasteiger partial charge in [0.15, 0.2) is 6.04 Å². The quantitative estimate of drug-likeness (QED) is 0.0863. The van der Waals surface area contributed by atoms with E-state index in [1.165, 1.54) is 77.0 Å². The number of aliphatic imine (C=N–C) groups is 1. The standard InChI is InChI=1S/C35H52N2O4.Na/c1-2-3-4-5-6-7-8-9-10-11-12-13-14-15-22-27-32(38)36-31(28-29-23-18-16-19-24-29)34(39)37-33(35(40)41)30-25-20-17-21-26-30;/h16-21,23-26,31,33H,2-15,22,27-28H2,1H3,(H,36,38)(H,37,39)(H,40,41);/q;+1/p-1/t31-,33-;/m1./s1. The van der Waals surface area contributed by atoms with Gasteiger partial charge in [0.2, 0.25) is 5.91 Å². The number of nitrogens with one attached hydrogen (secondary N) is 1. The molecule has 0 heterocycles. The number of benzene rings is 2. The first-order valence-corrected chi connectivity index (χ1v) is 15.9. The van der Waals surface area contributed by atoms with Crippen LogP contribution in [0.25, 0.3) is 0 Å². The van der Waals surface area contributed by atoms with Crippen LogP contribution in [0.3, 0.4) is 0 Å². The van der Waals surface area contributed by atoms with Crippen LogP contribution in [-0.4, -0.2) is 28.9 Å². The number of carboxylic acids is 1. The number of aliphatic carboxylic acids is 1. The number of amides is 1. The zero-order valence-electron chi connectivity index (χ0n) is 26.1. The van der Waals surface area contributed by atoms with Gasteiger partial charge in [-0.3, -0.25) is 9.79 Å². The van der Waals surface area contributed by atoms with E-state index in [2.05, 4.69) is 17.2 Å². The average Bonchev–Trinajstić information content (AvgIpc) is 2.98. The maximum Gasteiger partial charge on any atom is 1.00 e. The van der Waals surface area contributed by atoms with E-state index in [0.717, 1.165) is 24.8 Å². The maximum absolute atomic E-state index is 13.2. The third-order valence-corrected chi connectivity index (χ3v) is 7.54. The molecule has 0 spiro atoms. The van der Waals surface area contributed by atoms with Gasteiger partial charge in [-0.1, -0.05) is 157 Å². The number of unbranched alkanes of at least 4 members (excludes halogenated alkanes) is 14. The van der Waals surface area contributed by atoms with Gasteiger partial charge in [-0.25, -0.2) is 4.79 Å². The molecule has 2 rings (SSSR count). The van der Waals surface area contributed by atoms with Crippen molar-refractivity contribution in [2.45, 2.75) is 128 Å². The molecule has 2 N–H and O–H groups in total. The van der Waals surface area contributed by atoms with Crippen LogP contribution in [0.2, 0.25) is 0 Å². The third-order valence-electron chi connectivity index (χ3n) is 7.54. The van der Waals surface area contributed by atoms with Crippen molar-refractivity contribution in [3.63, 3.8) is 0 Å². The largest absolute Gasteiger partial charge is 1.00 e. The Kier molecular flexibility index (Phi) is 21.9. The van der Waals surface area contributed by atoms with Crippen molar-refractivity contribution in [2.75, 3.05) is 0 Å². The van der Waals surface area contributed by atoms with E-state index in [9.17, 15) is 19.8 Å². The summed E-state index contributed by atoms with van der Waals surface area (Å²) in [6.07, 6.45) is 19.4. The van der Waals surface area contributed by atoms with Gasteiger partial charge in [0.05, 0.1) is 0 Å². The zero-order chi connectivity index (χ0) is 29.5. The van der Waals surface area contributed by atoms with E-state index < -0.39 is 24.0 Å². The normalized spacial score (nSPS) is 12.7. The molecular formula is C35H51N2NaO4. The van der Waals surface area contributed by atoms with Gasteiger partial charge < -0.3 is 15.5 Å². The molecule has 2 atom stereocenters. The summed E-state index contributed by atoms with van der Waals surface area (Å²) < 4.78 is 0. The summed E-state index contributed by atoms with van der Waals surface area (Å²) in [5.41, 5.74) is 1.33. The van der Waals surface area contributed by atoms with Crippen LogP contribution < -0.4 is 40.0 Å². The molecule has 0 radical (unpaired) electrons. The Labute approximate surface area is 276 Å². The number of carbonyl (C=O) groups excluding carboxylic acids is 1. The smallest absolute Gasteiger partial charge is 0.862 e. The van der Waals surface area contributed by atoms with Crippen LogP contribution in [0.5, 0.6) is 0 Å². The fourth-order valence-electron chi connectivity index (χ4n) is 5.09. The topological polar surface area (TPSA) is 102 Å². The number of rotatable bonds is 23. The minimum absolute atomic E-state index is 0. The molecule has 0 saturated carbocycles. The first-order valence-electron chi connectivity index (χ1n) is 15.9. The Morgan fingerprint density at radius 3 is 1.67 bits per heavy atom. The fourth-order valence-corrected chi connectivity index (χ4v) is 5.09. The molecule has 0 aromatic heterocycles. The monoisotopic (exact) mass is 586 g/mol. The van der Waals surface area contributed by atoms with Crippen molar-refractivity contribution in [1.29, 1.82) is 0 Å². The third kappa shape index (κ3) is 17.1. The summed E-state index contributed by atoms with van der Waals surface area (Å²) >= 11 is 0. The van der Waals surface area contributed by atoms with Crippen molar-refractivity contribution in [2.24, 2.45) is 4.99 Å². The molecule has 226 valence electrons. The molecule has 0 aliphatic rings. The van der Waals surface area contributed by atoms with Crippen molar-refractivity contribution in [3.05, 3.63) is 71.8 Å². The molecule has 0 unspecified atom stereocenters. The maximum atomic E-state index is 13.2. The van der Waals surface area contributed by atoms with Gasteiger partial charge in [0.1, 0.15) is 6.04 Å². The first-order chi connectivity index (χ1) is 20.0. The van der Waals surface area contributed by atoms with Crippen molar-refractivity contribution in [1.82, 2.24) is 5.32 Å². The van der Waals surface area contributed by atoms with Crippen molar-refractivity contribution in [3.8, 4) is 0 Å². The number of carboxylic acid groups (broad SMARTS) is 1. The van der Waals surface area contributed by atoms with Gasteiger partial charge in [-0.2, -0.15) is 0 Å². The van der Waals surface area contributed by atoms with Gasteiger partial charge in [0.25, 0.3) is 0 Å². The summed E-state index contributed by atoms with van der Waals surface area (Å²) in [4.78, 5) is 29.3. The molecule has 1 amide bonds. The molecule has 0 saturated heterocycles. The number of nitrogens with zero attached hydrogens (tertiary/aromatic N) is 1. The predicted octanol–water partition coefficient (Wildman–Crippen LogP) is 4.56. The Morgan fingerprint density at radius 2 is 1.19 bits per heavy atom. The SMILES string of the molecule is CCCCCCCCCCCCCCCCCC([O-])=N[C@H](Cc1ccccc1)C(=O)N[C@@H](C(=O)O)c1ccccc1.[Na+]. The Balaban J connectivity index is 0.00000882. The second-order valence-corrected chi connectivity index (χ2v) is 11.1. The van der Waals surface area contributed by atoms with Crippen LogP contribution in [0.15, 0.2) is 65.7 Å². The minimum Gasteiger partial charge on any atom is -0.862 e. The van der Waals surface area contributed by atoms with Crippen LogP contribution in [0.1, 0.15) is 127 Å². The van der Waals surface area contributed by atoms with E-state index in [1.807, 2.05) is 30.3 Å². The molecule has 0 aliphatic carbocycles. The van der Waals surface area contributed by atoms with E-state index >= 15 is 0 Å². The zero-order valence-corrected chi connectivity index (χ0v) is 28.1. The first kappa shape index (κ1) is 37.9. The molecule has 6 nitrogen and oxygen atoms in total. The summed E-state index contributed by atoms with van der Waals surface area (Å²) in [5, 5.41) is 25.0. The summed E-state index contributed by atoms with van der Waals surface area (Å²) in [7, 11) is 0. The molecule has 0 bridgehead atoms.